The summed E-state index contributed by atoms with van der Waals surface area (Å²) in [5.74, 6) is 0.428. The molecule has 4 aromatic rings. The summed E-state index contributed by atoms with van der Waals surface area (Å²) in [5.41, 5.74) is 2.85. The first kappa shape index (κ1) is 24.0. The van der Waals surface area contributed by atoms with Crippen LogP contribution < -0.4 is 5.32 Å². The molecule has 1 aromatic heterocycles. The third kappa shape index (κ3) is 5.67. The number of Topliss-reactive ketones (excluding diaryl/α,β-unsaturated/α-hetero) is 1. The summed E-state index contributed by atoms with van der Waals surface area (Å²) in [6.45, 7) is 2.06. The molecule has 0 aliphatic rings. The molecule has 4 rings (SSSR count). The van der Waals surface area contributed by atoms with Crippen LogP contribution >= 0.6 is 35.0 Å². The molecular formula is C25H20Cl2N4O2S. The van der Waals surface area contributed by atoms with Crippen LogP contribution in [0.3, 0.4) is 0 Å². The lowest BCUT2D eigenvalue weighted by molar-refractivity contribution is 0.0948. The number of thioether (sulfide) groups is 1. The second-order valence-corrected chi connectivity index (χ2v) is 9.22. The highest BCUT2D eigenvalue weighted by atomic mass is 35.5. The number of amides is 1. The van der Waals surface area contributed by atoms with E-state index in [4.69, 9.17) is 23.2 Å². The van der Waals surface area contributed by atoms with Crippen LogP contribution in [0.5, 0.6) is 0 Å². The van der Waals surface area contributed by atoms with Crippen molar-refractivity contribution >= 4 is 46.7 Å². The predicted octanol–water partition coefficient (Wildman–Crippen LogP) is 5.79. The number of aromatic nitrogens is 3. The minimum Gasteiger partial charge on any atom is -0.345 e. The Morgan fingerprint density at radius 3 is 2.41 bits per heavy atom. The van der Waals surface area contributed by atoms with Gasteiger partial charge in [0.2, 0.25) is 0 Å². The van der Waals surface area contributed by atoms with E-state index < -0.39 is 0 Å². The number of ketones is 1. The number of aryl methyl sites for hydroxylation is 1. The van der Waals surface area contributed by atoms with Crippen LogP contribution in [0.4, 0.5) is 0 Å². The molecule has 34 heavy (non-hydrogen) atoms. The van der Waals surface area contributed by atoms with Crippen molar-refractivity contribution in [2.24, 2.45) is 0 Å². The molecule has 0 spiro atoms. The SMILES string of the molecule is Cc1cccc(C(=O)NCc2nnc(SCC(=O)c3ccccc3)n2-c2ccc(Cl)c(Cl)c2)c1. The standard InChI is InChI=1S/C25H20Cl2N4O2S/c1-16-6-5-9-18(12-16)24(33)28-14-23-29-30-25(31(23)19-10-11-20(26)21(27)13-19)34-15-22(32)17-7-3-2-4-8-17/h2-13H,14-15H2,1H3,(H,28,33). The van der Waals surface area contributed by atoms with Crippen molar-refractivity contribution in [2.45, 2.75) is 18.6 Å². The van der Waals surface area contributed by atoms with Crippen LogP contribution in [0, 0.1) is 6.92 Å². The fourth-order valence-electron chi connectivity index (χ4n) is 3.28. The van der Waals surface area contributed by atoms with Gasteiger partial charge in [-0.15, -0.1) is 10.2 Å². The molecule has 1 N–H and O–H groups in total. The van der Waals surface area contributed by atoms with Crippen molar-refractivity contribution in [3.63, 3.8) is 0 Å². The summed E-state index contributed by atoms with van der Waals surface area (Å²) >= 11 is 13.6. The van der Waals surface area contributed by atoms with Crippen LogP contribution in [0.2, 0.25) is 10.0 Å². The van der Waals surface area contributed by atoms with Crippen molar-refractivity contribution in [3.8, 4) is 5.69 Å². The Morgan fingerprint density at radius 2 is 1.68 bits per heavy atom. The third-order valence-corrected chi connectivity index (χ3v) is 6.65. The highest BCUT2D eigenvalue weighted by Gasteiger charge is 2.18. The van der Waals surface area contributed by atoms with Gasteiger partial charge in [0.1, 0.15) is 0 Å². The summed E-state index contributed by atoms with van der Waals surface area (Å²) in [7, 11) is 0. The van der Waals surface area contributed by atoms with E-state index in [2.05, 4.69) is 15.5 Å². The van der Waals surface area contributed by atoms with E-state index in [1.54, 1.807) is 41.0 Å². The average Bonchev–Trinajstić information content (AvgIpc) is 3.26. The lowest BCUT2D eigenvalue weighted by atomic mass is 10.1. The molecule has 0 radical (unpaired) electrons. The van der Waals surface area contributed by atoms with Gasteiger partial charge in [-0.1, -0.05) is 83.0 Å². The van der Waals surface area contributed by atoms with Gasteiger partial charge in [0, 0.05) is 11.1 Å². The van der Waals surface area contributed by atoms with E-state index in [0.717, 1.165) is 5.56 Å². The Hall–Kier alpha value is -3.13. The summed E-state index contributed by atoms with van der Waals surface area (Å²) in [6, 6.07) is 21.6. The van der Waals surface area contributed by atoms with Crippen molar-refractivity contribution in [1.29, 1.82) is 0 Å². The van der Waals surface area contributed by atoms with E-state index in [-0.39, 0.29) is 24.0 Å². The van der Waals surface area contributed by atoms with E-state index in [9.17, 15) is 9.59 Å². The maximum absolute atomic E-state index is 12.6. The average molecular weight is 511 g/mol. The molecule has 0 unspecified atom stereocenters. The van der Waals surface area contributed by atoms with Crippen molar-refractivity contribution in [3.05, 3.63) is 105 Å². The normalized spacial score (nSPS) is 10.8. The van der Waals surface area contributed by atoms with Crippen LogP contribution in [-0.2, 0) is 6.54 Å². The second-order valence-electron chi connectivity index (χ2n) is 7.46. The fraction of sp³-hybridized carbons (Fsp3) is 0.120. The zero-order chi connectivity index (χ0) is 24.1. The van der Waals surface area contributed by atoms with Crippen molar-refractivity contribution in [1.82, 2.24) is 20.1 Å². The number of hydrogen-bond acceptors (Lipinski definition) is 5. The summed E-state index contributed by atoms with van der Waals surface area (Å²) in [5, 5.41) is 12.7. The molecule has 172 valence electrons. The first-order chi connectivity index (χ1) is 16.4. The molecule has 0 bridgehead atoms. The van der Waals surface area contributed by atoms with Crippen LogP contribution in [0.15, 0.2) is 78.0 Å². The number of nitrogens with one attached hydrogen (secondary N) is 1. The van der Waals surface area contributed by atoms with Gasteiger partial charge in [-0.25, -0.2) is 0 Å². The lowest BCUT2D eigenvalue weighted by Crippen LogP contribution is -2.24. The topological polar surface area (TPSA) is 76.9 Å². The van der Waals surface area contributed by atoms with Gasteiger partial charge in [0.15, 0.2) is 16.8 Å². The third-order valence-electron chi connectivity index (χ3n) is 4.98. The molecule has 9 heteroatoms. The quantitative estimate of drug-likeness (QED) is 0.240. The Balaban J connectivity index is 1.58. The highest BCUT2D eigenvalue weighted by Crippen LogP contribution is 2.28. The molecule has 3 aromatic carbocycles. The molecule has 0 aliphatic carbocycles. The molecule has 0 fully saturated rings. The van der Waals surface area contributed by atoms with Gasteiger partial charge in [0.25, 0.3) is 5.91 Å². The smallest absolute Gasteiger partial charge is 0.251 e. The molecule has 6 nitrogen and oxygen atoms in total. The number of carbonyl (C=O) groups excluding carboxylic acids is 2. The Labute approximate surface area is 211 Å². The Bertz CT molecular complexity index is 1340. The summed E-state index contributed by atoms with van der Waals surface area (Å²) in [6.07, 6.45) is 0. The maximum Gasteiger partial charge on any atom is 0.251 e. The monoisotopic (exact) mass is 510 g/mol. The lowest BCUT2D eigenvalue weighted by Gasteiger charge is -2.12. The predicted molar refractivity (Wildman–Crippen MR) is 135 cm³/mol. The zero-order valence-electron chi connectivity index (χ0n) is 18.2. The number of hydrogen-bond donors (Lipinski definition) is 1. The largest absolute Gasteiger partial charge is 0.345 e. The zero-order valence-corrected chi connectivity index (χ0v) is 20.5. The van der Waals surface area contributed by atoms with Crippen LogP contribution in [-0.4, -0.2) is 32.2 Å². The van der Waals surface area contributed by atoms with Crippen molar-refractivity contribution < 1.29 is 9.59 Å². The molecule has 0 saturated heterocycles. The highest BCUT2D eigenvalue weighted by molar-refractivity contribution is 7.99. The Morgan fingerprint density at radius 1 is 0.912 bits per heavy atom. The number of rotatable bonds is 8. The van der Waals surface area contributed by atoms with E-state index in [0.29, 0.717) is 37.8 Å². The van der Waals surface area contributed by atoms with Crippen LogP contribution in [0.25, 0.3) is 5.69 Å². The molecule has 0 aliphatic heterocycles. The molecule has 1 heterocycles. The minimum atomic E-state index is -0.221. The minimum absolute atomic E-state index is 0.0245. The van der Waals surface area contributed by atoms with Gasteiger partial charge in [-0.2, -0.15) is 0 Å². The fourth-order valence-corrected chi connectivity index (χ4v) is 4.43. The summed E-state index contributed by atoms with van der Waals surface area (Å²) in [4.78, 5) is 25.2. The van der Waals surface area contributed by atoms with E-state index in [1.165, 1.54) is 11.8 Å². The van der Waals surface area contributed by atoms with E-state index >= 15 is 0 Å². The van der Waals surface area contributed by atoms with Gasteiger partial charge in [-0.3, -0.25) is 14.2 Å². The molecule has 1 amide bonds. The van der Waals surface area contributed by atoms with Gasteiger partial charge in [0.05, 0.1) is 28.0 Å². The summed E-state index contributed by atoms with van der Waals surface area (Å²) < 4.78 is 1.77. The van der Waals surface area contributed by atoms with Gasteiger partial charge < -0.3 is 5.32 Å². The van der Waals surface area contributed by atoms with Gasteiger partial charge >= 0.3 is 0 Å². The van der Waals surface area contributed by atoms with Crippen LogP contribution in [0.1, 0.15) is 32.1 Å². The second kappa shape index (κ2) is 10.9. The number of benzene rings is 3. The molecular weight excluding hydrogens is 491 g/mol. The maximum atomic E-state index is 12.6. The van der Waals surface area contributed by atoms with Crippen molar-refractivity contribution in [2.75, 3.05) is 5.75 Å². The Kier molecular flexibility index (Phi) is 7.67. The molecule has 0 atom stereocenters. The number of carbonyl (C=O) groups is 2. The number of halogens is 2. The molecule has 0 saturated carbocycles. The van der Waals surface area contributed by atoms with Gasteiger partial charge in [-0.05, 0) is 37.3 Å². The first-order valence-electron chi connectivity index (χ1n) is 10.4. The first-order valence-corrected chi connectivity index (χ1v) is 12.1. The van der Waals surface area contributed by atoms with E-state index in [1.807, 2.05) is 43.3 Å². The number of nitrogens with zero attached hydrogens (tertiary/aromatic N) is 3.